The van der Waals surface area contributed by atoms with Crippen LogP contribution in [0.1, 0.15) is 35.0 Å². The van der Waals surface area contributed by atoms with Crippen LogP contribution in [-0.2, 0) is 20.7 Å². The number of H-pyrrole nitrogens is 1. The molecule has 2 N–H and O–H groups in total. The molecule has 0 aliphatic rings. The maximum atomic E-state index is 12.8. The molecule has 0 fully saturated rings. The Balaban J connectivity index is 1.87. The van der Waals surface area contributed by atoms with Gasteiger partial charge < -0.3 is 10.1 Å². The molecule has 0 spiro atoms. The van der Waals surface area contributed by atoms with Crippen LogP contribution in [0.4, 0.5) is 0 Å². The van der Waals surface area contributed by atoms with Crippen LogP contribution < -0.4 is 10.9 Å². The van der Waals surface area contributed by atoms with Crippen molar-refractivity contribution >= 4 is 29.1 Å². The largest absolute Gasteiger partial charge is 0.469 e. The van der Waals surface area contributed by atoms with Crippen LogP contribution in [0.25, 0.3) is 5.65 Å². The van der Waals surface area contributed by atoms with Gasteiger partial charge in [0.25, 0.3) is 5.56 Å². The number of rotatable bonds is 6. The van der Waals surface area contributed by atoms with Crippen molar-refractivity contribution in [3.63, 3.8) is 0 Å². The van der Waals surface area contributed by atoms with Gasteiger partial charge in [-0.1, -0.05) is 29.8 Å². The third-order valence-electron chi connectivity index (χ3n) is 4.75. The zero-order valence-electron chi connectivity index (χ0n) is 16.3. The number of aromatic amines is 1. The van der Waals surface area contributed by atoms with E-state index in [0.717, 1.165) is 0 Å². The highest BCUT2D eigenvalue weighted by atomic mass is 35.5. The Kier molecular flexibility index (Phi) is 6.03. The van der Waals surface area contributed by atoms with E-state index in [2.05, 4.69) is 15.4 Å². The first-order valence-corrected chi connectivity index (χ1v) is 9.36. The summed E-state index contributed by atoms with van der Waals surface area (Å²) in [6.45, 7) is 3.59. The fraction of sp³-hybridized carbons (Fsp3) is 0.300. The summed E-state index contributed by atoms with van der Waals surface area (Å²) >= 11 is 6.26. The summed E-state index contributed by atoms with van der Waals surface area (Å²) in [7, 11) is 1.29. The predicted octanol–water partition coefficient (Wildman–Crippen LogP) is 2.26. The molecule has 2 aromatic heterocycles. The van der Waals surface area contributed by atoms with Gasteiger partial charge in [-0.15, -0.1) is 0 Å². The van der Waals surface area contributed by atoms with Crippen molar-refractivity contribution in [1.82, 2.24) is 19.9 Å². The second-order valence-corrected chi connectivity index (χ2v) is 7.08. The highest BCUT2D eigenvalue weighted by Gasteiger charge is 2.22. The number of aryl methyl sites for hydroxylation is 2. The lowest BCUT2D eigenvalue weighted by Gasteiger charge is -2.20. The van der Waals surface area contributed by atoms with Crippen molar-refractivity contribution in [3.05, 3.63) is 68.2 Å². The van der Waals surface area contributed by atoms with Gasteiger partial charge in [-0.3, -0.25) is 19.5 Å². The minimum absolute atomic E-state index is 0.0307. The second kappa shape index (κ2) is 8.48. The number of hydrogen-bond acceptors (Lipinski definition) is 5. The van der Waals surface area contributed by atoms with Crippen molar-refractivity contribution in [2.24, 2.45) is 0 Å². The molecule has 2 heterocycles. The van der Waals surface area contributed by atoms with Gasteiger partial charge in [0.1, 0.15) is 0 Å². The average Bonchev–Trinajstić information content (AvgIpc) is 3.05. The number of halogens is 1. The van der Waals surface area contributed by atoms with Crippen LogP contribution in [-0.4, -0.2) is 33.6 Å². The van der Waals surface area contributed by atoms with Gasteiger partial charge >= 0.3 is 5.97 Å². The number of esters is 1. The maximum absolute atomic E-state index is 12.8. The molecule has 1 aromatic carbocycles. The van der Waals surface area contributed by atoms with E-state index in [0.29, 0.717) is 33.2 Å². The Labute approximate surface area is 171 Å². The SMILES string of the molecule is COC(=O)CC(NC(=O)Cc1c(C)nc2cc(=O)[nH]n2c1C)c1ccccc1Cl. The van der Waals surface area contributed by atoms with Crippen LogP contribution in [0.2, 0.25) is 5.02 Å². The minimum Gasteiger partial charge on any atom is -0.469 e. The van der Waals surface area contributed by atoms with E-state index in [9.17, 15) is 14.4 Å². The minimum atomic E-state index is -0.632. The van der Waals surface area contributed by atoms with E-state index in [1.165, 1.54) is 13.2 Å². The van der Waals surface area contributed by atoms with Gasteiger partial charge in [0.15, 0.2) is 5.65 Å². The molecule has 0 saturated carbocycles. The number of fused-ring (bicyclic) bond motifs is 1. The first-order valence-electron chi connectivity index (χ1n) is 8.98. The first-order chi connectivity index (χ1) is 13.8. The Morgan fingerprint density at radius 1 is 1.31 bits per heavy atom. The standard InChI is InChI=1S/C20H21ClN4O4/c1-11-14(12(2)25-17(22-11)10-19(27)24-25)8-18(26)23-16(9-20(28)29-3)13-6-4-5-7-15(13)21/h4-7,10,16H,8-9H2,1-3H3,(H,23,26)(H,24,27). The molecule has 8 nitrogen and oxygen atoms in total. The van der Waals surface area contributed by atoms with E-state index < -0.39 is 12.0 Å². The fourth-order valence-electron chi connectivity index (χ4n) is 3.26. The van der Waals surface area contributed by atoms with Gasteiger partial charge in [0.2, 0.25) is 5.91 Å². The Hall–Kier alpha value is -3.13. The van der Waals surface area contributed by atoms with Crippen LogP contribution in [0.3, 0.4) is 0 Å². The number of amides is 1. The monoisotopic (exact) mass is 416 g/mol. The van der Waals surface area contributed by atoms with Gasteiger partial charge in [0, 0.05) is 28.0 Å². The van der Waals surface area contributed by atoms with E-state index in [1.807, 2.05) is 0 Å². The molecular weight excluding hydrogens is 396 g/mol. The second-order valence-electron chi connectivity index (χ2n) is 6.67. The number of aromatic nitrogens is 3. The van der Waals surface area contributed by atoms with Crippen molar-refractivity contribution < 1.29 is 14.3 Å². The third-order valence-corrected chi connectivity index (χ3v) is 5.10. The zero-order valence-corrected chi connectivity index (χ0v) is 17.0. The van der Waals surface area contributed by atoms with Gasteiger partial charge in [-0.2, -0.15) is 0 Å². The number of hydrogen-bond donors (Lipinski definition) is 2. The molecule has 1 unspecified atom stereocenters. The summed E-state index contributed by atoms with van der Waals surface area (Å²) in [6.07, 6.45) is -0.0188. The van der Waals surface area contributed by atoms with Crippen LogP contribution in [0.5, 0.6) is 0 Å². The molecule has 0 bridgehead atoms. The van der Waals surface area contributed by atoms with Crippen LogP contribution in [0, 0.1) is 13.8 Å². The summed E-state index contributed by atoms with van der Waals surface area (Å²) in [5.41, 5.74) is 2.92. The fourth-order valence-corrected chi connectivity index (χ4v) is 3.53. The molecule has 1 atom stereocenters. The molecule has 29 heavy (non-hydrogen) atoms. The lowest BCUT2D eigenvalue weighted by Crippen LogP contribution is -2.32. The van der Waals surface area contributed by atoms with Gasteiger partial charge in [-0.05, 0) is 25.5 Å². The Bertz CT molecular complexity index is 1140. The number of ether oxygens (including phenoxy) is 1. The summed E-state index contributed by atoms with van der Waals surface area (Å²) in [4.78, 5) is 40.6. The maximum Gasteiger partial charge on any atom is 0.307 e. The summed E-state index contributed by atoms with van der Waals surface area (Å²) < 4.78 is 6.30. The van der Waals surface area contributed by atoms with E-state index in [-0.39, 0.29) is 24.3 Å². The number of carbonyl (C=O) groups is 2. The van der Waals surface area contributed by atoms with Crippen molar-refractivity contribution in [1.29, 1.82) is 0 Å². The van der Waals surface area contributed by atoms with Crippen molar-refractivity contribution in [3.8, 4) is 0 Å². The third kappa shape index (κ3) is 4.48. The number of nitrogens with zero attached hydrogens (tertiary/aromatic N) is 2. The van der Waals surface area contributed by atoms with E-state index in [1.54, 1.807) is 42.6 Å². The summed E-state index contributed by atoms with van der Waals surface area (Å²) in [6, 6.07) is 7.77. The van der Waals surface area contributed by atoms with Crippen LogP contribution >= 0.6 is 11.6 Å². The smallest absolute Gasteiger partial charge is 0.307 e. The Morgan fingerprint density at radius 3 is 2.72 bits per heavy atom. The lowest BCUT2D eigenvalue weighted by molar-refractivity contribution is -0.141. The van der Waals surface area contributed by atoms with Crippen molar-refractivity contribution in [2.45, 2.75) is 32.7 Å². The van der Waals surface area contributed by atoms with Gasteiger partial charge in [-0.25, -0.2) is 9.50 Å². The van der Waals surface area contributed by atoms with Crippen molar-refractivity contribution in [2.75, 3.05) is 7.11 Å². The number of methoxy groups -OCH3 is 1. The molecule has 0 aliphatic heterocycles. The molecular formula is C20H21ClN4O4. The topological polar surface area (TPSA) is 106 Å². The molecule has 0 aliphatic carbocycles. The molecule has 152 valence electrons. The molecule has 9 heteroatoms. The normalized spacial score (nSPS) is 12.0. The Morgan fingerprint density at radius 2 is 2.03 bits per heavy atom. The molecule has 1 amide bonds. The van der Waals surface area contributed by atoms with Gasteiger partial charge in [0.05, 0.1) is 26.0 Å². The number of benzene rings is 1. The molecule has 0 saturated heterocycles. The lowest BCUT2D eigenvalue weighted by atomic mass is 10.0. The summed E-state index contributed by atoms with van der Waals surface area (Å²) in [5.74, 6) is -0.767. The van der Waals surface area contributed by atoms with E-state index >= 15 is 0 Å². The van der Waals surface area contributed by atoms with Crippen LogP contribution in [0.15, 0.2) is 35.1 Å². The first kappa shape index (κ1) is 20.6. The van der Waals surface area contributed by atoms with E-state index in [4.69, 9.17) is 16.3 Å². The number of carbonyl (C=O) groups excluding carboxylic acids is 2. The zero-order chi connectivity index (χ0) is 21.1. The molecule has 3 aromatic rings. The quantitative estimate of drug-likeness (QED) is 0.599. The molecule has 3 rings (SSSR count). The predicted molar refractivity (Wildman–Crippen MR) is 108 cm³/mol. The highest BCUT2D eigenvalue weighted by Crippen LogP contribution is 2.26. The average molecular weight is 417 g/mol. The highest BCUT2D eigenvalue weighted by molar-refractivity contribution is 6.31. The number of nitrogens with one attached hydrogen (secondary N) is 2. The summed E-state index contributed by atoms with van der Waals surface area (Å²) in [5, 5.41) is 5.97. The molecule has 0 radical (unpaired) electrons.